The molecule has 0 aliphatic carbocycles. The van der Waals surface area contributed by atoms with Crippen LogP contribution in [-0.4, -0.2) is 31.3 Å². The second-order valence-electron chi connectivity index (χ2n) is 5.38. The molecular weight excluding hydrogens is 252 g/mol. The number of pyridine rings is 1. The van der Waals surface area contributed by atoms with Crippen LogP contribution >= 0.6 is 0 Å². The third kappa shape index (κ3) is 4.46. The molecule has 1 fully saturated rings. The Balaban J connectivity index is 2.02. The molecule has 0 bridgehead atoms. The van der Waals surface area contributed by atoms with Gasteiger partial charge in [0.1, 0.15) is 5.75 Å². The first-order valence-electron chi connectivity index (χ1n) is 7.72. The second-order valence-corrected chi connectivity index (χ2v) is 5.38. The maximum atomic E-state index is 5.68. The lowest BCUT2D eigenvalue weighted by atomic mass is 9.95. The van der Waals surface area contributed by atoms with Gasteiger partial charge < -0.3 is 14.8 Å². The van der Waals surface area contributed by atoms with Crippen LogP contribution in [0.3, 0.4) is 0 Å². The summed E-state index contributed by atoms with van der Waals surface area (Å²) in [5, 5.41) is 3.56. The molecule has 1 aromatic rings. The maximum absolute atomic E-state index is 5.68. The Morgan fingerprint density at radius 3 is 3.05 bits per heavy atom. The predicted molar refractivity (Wildman–Crippen MR) is 80.0 cm³/mol. The number of hydrogen-bond donors (Lipinski definition) is 1. The highest BCUT2D eigenvalue weighted by atomic mass is 16.5. The van der Waals surface area contributed by atoms with Gasteiger partial charge in [-0.2, -0.15) is 0 Å². The van der Waals surface area contributed by atoms with Gasteiger partial charge in [-0.3, -0.25) is 4.98 Å². The Morgan fingerprint density at radius 1 is 1.45 bits per heavy atom. The van der Waals surface area contributed by atoms with Crippen molar-refractivity contribution in [1.82, 2.24) is 10.3 Å². The molecule has 1 N–H and O–H groups in total. The van der Waals surface area contributed by atoms with Gasteiger partial charge in [-0.25, -0.2) is 0 Å². The second kappa shape index (κ2) is 8.22. The van der Waals surface area contributed by atoms with Crippen LogP contribution in [0, 0.1) is 5.92 Å². The summed E-state index contributed by atoms with van der Waals surface area (Å²) in [6.45, 7) is 7.75. The largest absolute Gasteiger partial charge is 0.492 e. The van der Waals surface area contributed by atoms with Crippen LogP contribution in [0.1, 0.15) is 44.7 Å². The van der Waals surface area contributed by atoms with E-state index in [-0.39, 0.29) is 0 Å². The molecule has 112 valence electrons. The number of ether oxygens (including phenoxy) is 2. The molecule has 0 saturated carbocycles. The topological polar surface area (TPSA) is 43.4 Å². The lowest BCUT2D eigenvalue weighted by Crippen LogP contribution is -2.24. The molecule has 0 radical (unpaired) electrons. The van der Waals surface area contributed by atoms with E-state index in [1.807, 2.05) is 6.20 Å². The van der Waals surface area contributed by atoms with E-state index < -0.39 is 0 Å². The molecule has 1 aromatic heterocycles. The molecule has 1 saturated heterocycles. The van der Waals surface area contributed by atoms with Crippen molar-refractivity contribution in [2.75, 3.05) is 26.4 Å². The highest BCUT2D eigenvalue weighted by molar-refractivity contribution is 5.26. The normalized spacial score (nSPS) is 20.0. The van der Waals surface area contributed by atoms with E-state index in [2.05, 4.69) is 30.2 Å². The third-order valence-corrected chi connectivity index (χ3v) is 3.65. The summed E-state index contributed by atoms with van der Waals surface area (Å²) in [6, 6.07) is 2.45. The van der Waals surface area contributed by atoms with Gasteiger partial charge in [-0.05, 0) is 43.4 Å². The monoisotopic (exact) mass is 278 g/mol. The van der Waals surface area contributed by atoms with Crippen LogP contribution in [0.5, 0.6) is 5.75 Å². The van der Waals surface area contributed by atoms with Crippen LogP contribution < -0.4 is 10.1 Å². The number of nitrogens with one attached hydrogen (secondary N) is 1. The van der Waals surface area contributed by atoms with Crippen LogP contribution in [-0.2, 0) is 4.74 Å². The van der Waals surface area contributed by atoms with Crippen LogP contribution in [0.2, 0.25) is 0 Å². The average molecular weight is 278 g/mol. The predicted octanol–water partition coefficient (Wildman–Crippen LogP) is 2.95. The van der Waals surface area contributed by atoms with Crippen molar-refractivity contribution < 1.29 is 9.47 Å². The highest BCUT2D eigenvalue weighted by Gasteiger charge is 2.21. The maximum Gasteiger partial charge on any atom is 0.137 e. The lowest BCUT2D eigenvalue weighted by molar-refractivity contribution is 0.181. The molecule has 0 spiro atoms. The van der Waals surface area contributed by atoms with Gasteiger partial charge in [-0.1, -0.05) is 13.8 Å². The van der Waals surface area contributed by atoms with Crippen LogP contribution in [0.15, 0.2) is 18.5 Å². The Labute approximate surface area is 121 Å². The minimum Gasteiger partial charge on any atom is -0.492 e. The van der Waals surface area contributed by atoms with Gasteiger partial charge >= 0.3 is 0 Å². The van der Waals surface area contributed by atoms with E-state index in [9.17, 15) is 0 Å². The van der Waals surface area contributed by atoms with Crippen molar-refractivity contribution in [3.05, 3.63) is 24.0 Å². The molecule has 2 unspecified atom stereocenters. The van der Waals surface area contributed by atoms with E-state index in [0.29, 0.717) is 12.0 Å². The average Bonchev–Trinajstić information content (AvgIpc) is 2.98. The zero-order chi connectivity index (χ0) is 14.2. The summed E-state index contributed by atoms with van der Waals surface area (Å²) in [7, 11) is 0. The molecule has 2 atom stereocenters. The van der Waals surface area contributed by atoms with Crippen molar-refractivity contribution in [1.29, 1.82) is 0 Å². The first-order chi connectivity index (χ1) is 9.83. The quantitative estimate of drug-likeness (QED) is 0.794. The van der Waals surface area contributed by atoms with Gasteiger partial charge in [0.05, 0.1) is 12.8 Å². The van der Waals surface area contributed by atoms with E-state index in [0.717, 1.165) is 45.0 Å². The molecular formula is C16H26N2O2. The summed E-state index contributed by atoms with van der Waals surface area (Å²) >= 11 is 0. The first kappa shape index (κ1) is 15.3. The van der Waals surface area contributed by atoms with Gasteiger partial charge in [0.2, 0.25) is 0 Å². The molecule has 4 heteroatoms. The summed E-state index contributed by atoms with van der Waals surface area (Å²) in [5.41, 5.74) is 1.22. The zero-order valence-electron chi connectivity index (χ0n) is 12.6. The molecule has 2 heterocycles. The van der Waals surface area contributed by atoms with E-state index in [1.165, 1.54) is 12.0 Å². The molecule has 0 amide bonds. The fourth-order valence-electron chi connectivity index (χ4n) is 2.61. The summed E-state index contributed by atoms with van der Waals surface area (Å²) < 4.78 is 11.2. The van der Waals surface area contributed by atoms with Gasteiger partial charge in [0.15, 0.2) is 0 Å². The van der Waals surface area contributed by atoms with Gasteiger partial charge in [0.25, 0.3) is 0 Å². The number of nitrogens with zero attached hydrogens (tertiary/aromatic N) is 1. The van der Waals surface area contributed by atoms with Crippen molar-refractivity contribution >= 4 is 0 Å². The zero-order valence-corrected chi connectivity index (χ0v) is 12.6. The number of rotatable bonds is 8. The Hall–Kier alpha value is -1.13. The van der Waals surface area contributed by atoms with E-state index in [1.54, 1.807) is 6.20 Å². The molecule has 0 aromatic carbocycles. The Kier molecular flexibility index (Phi) is 6.27. The molecule has 4 nitrogen and oxygen atoms in total. The standard InChI is InChI=1S/C16H26N2O2/c1-3-6-20-15-9-14(10-17-11-15)16(18-4-2)8-13-5-7-19-12-13/h9-11,13,16,18H,3-8,12H2,1-2H3. The van der Waals surface area contributed by atoms with Crippen molar-refractivity contribution in [3.8, 4) is 5.75 Å². The van der Waals surface area contributed by atoms with E-state index >= 15 is 0 Å². The third-order valence-electron chi connectivity index (χ3n) is 3.65. The van der Waals surface area contributed by atoms with E-state index in [4.69, 9.17) is 9.47 Å². The van der Waals surface area contributed by atoms with Crippen LogP contribution in [0.25, 0.3) is 0 Å². The van der Waals surface area contributed by atoms with Gasteiger partial charge in [-0.15, -0.1) is 0 Å². The minimum atomic E-state index is 0.337. The molecule has 1 aliphatic heterocycles. The van der Waals surface area contributed by atoms with Crippen LogP contribution in [0.4, 0.5) is 0 Å². The number of hydrogen-bond acceptors (Lipinski definition) is 4. The minimum absolute atomic E-state index is 0.337. The molecule has 20 heavy (non-hydrogen) atoms. The van der Waals surface area contributed by atoms with Crippen molar-refractivity contribution in [3.63, 3.8) is 0 Å². The lowest BCUT2D eigenvalue weighted by Gasteiger charge is -2.21. The van der Waals surface area contributed by atoms with Gasteiger partial charge in [0, 0.05) is 25.5 Å². The first-order valence-corrected chi connectivity index (χ1v) is 7.72. The fourth-order valence-corrected chi connectivity index (χ4v) is 2.61. The SMILES string of the molecule is CCCOc1cncc(C(CC2CCOC2)NCC)c1. The van der Waals surface area contributed by atoms with Crippen molar-refractivity contribution in [2.24, 2.45) is 5.92 Å². The summed E-state index contributed by atoms with van der Waals surface area (Å²) in [6.07, 6.45) is 7.02. The smallest absolute Gasteiger partial charge is 0.137 e. The molecule has 2 rings (SSSR count). The molecule has 1 aliphatic rings. The number of aromatic nitrogens is 1. The van der Waals surface area contributed by atoms with Crippen molar-refractivity contribution in [2.45, 2.75) is 39.2 Å². The summed E-state index contributed by atoms with van der Waals surface area (Å²) in [4.78, 5) is 4.32. The highest BCUT2D eigenvalue weighted by Crippen LogP contribution is 2.27. The fraction of sp³-hybridized carbons (Fsp3) is 0.688. The summed E-state index contributed by atoms with van der Waals surface area (Å²) in [5.74, 6) is 1.52. The Morgan fingerprint density at radius 2 is 2.35 bits per heavy atom. The Bertz CT molecular complexity index is 392.